The first-order valence-electron chi connectivity index (χ1n) is 4.05. The number of nitrogens with zero attached hydrogens (tertiary/aromatic N) is 1. The van der Waals surface area contributed by atoms with Crippen molar-refractivity contribution in [3.63, 3.8) is 0 Å². The summed E-state index contributed by atoms with van der Waals surface area (Å²) in [6.45, 7) is 5.31. The van der Waals surface area contributed by atoms with Crippen molar-refractivity contribution in [2.75, 3.05) is 13.6 Å². The molecule has 1 fully saturated rings. The minimum absolute atomic E-state index is 0.270. The molecule has 0 saturated carbocycles. The Bertz CT molecular complexity index is 210. The highest BCUT2D eigenvalue weighted by molar-refractivity contribution is 5.79. The molecular weight excluding hydrogens is 158 g/mol. The van der Waals surface area contributed by atoms with Crippen LogP contribution in [-0.4, -0.2) is 35.9 Å². The second-order valence-electron chi connectivity index (χ2n) is 4.06. The van der Waals surface area contributed by atoms with Gasteiger partial charge in [-0.05, 0) is 6.92 Å². The maximum absolute atomic E-state index is 11.8. The second-order valence-corrected chi connectivity index (χ2v) is 4.06. The Hall–Kier alpha value is -0.610. The third kappa shape index (κ3) is 1.21. The predicted molar refractivity (Wildman–Crippen MR) is 44.1 cm³/mol. The lowest BCUT2D eigenvalue weighted by atomic mass is 10.0. The van der Waals surface area contributed by atoms with Gasteiger partial charge in [-0.2, -0.15) is 0 Å². The summed E-state index contributed by atoms with van der Waals surface area (Å²) in [4.78, 5) is 11.3. The molecule has 70 valence electrons. The van der Waals surface area contributed by atoms with Gasteiger partial charge in [0.05, 0.1) is 7.05 Å². The molecule has 4 nitrogen and oxygen atoms in total. The average molecular weight is 173 g/mol. The summed E-state index contributed by atoms with van der Waals surface area (Å²) in [5, 5.41) is 11.8. The van der Waals surface area contributed by atoms with Gasteiger partial charge in [0.1, 0.15) is 12.6 Å². The topological polar surface area (TPSA) is 49.4 Å². The maximum atomic E-state index is 11.8. The Labute approximate surface area is 72.3 Å². The fraction of sp³-hybridized carbons (Fsp3) is 0.875. The highest BCUT2D eigenvalue weighted by Gasteiger charge is 2.48. The molecule has 0 aromatic rings. The van der Waals surface area contributed by atoms with Crippen LogP contribution in [0, 0.1) is 5.21 Å². The van der Waals surface area contributed by atoms with Crippen LogP contribution in [0.25, 0.3) is 0 Å². The van der Waals surface area contributed by atoms with Crippen molar-refractivity contribution in [2.45, 2.75) is 32.4 Å². The summed E-state index contributed by atoms with van der Waals surface area (Å²) in [7, 11) is 1.51. The smallest absolute Gasteiger partial charge is 0.368 e. The molecule has 1 aliphatic rings. The van der Waals surface area contributed by atoms with Crippen molar-refractivity contribution < 1.29 is 14.2 Å². The van der Waals surface area contributed by atoms with Gasteiger partial charge >= 0.3 is 5.97 Å². The van der Waals surface area contributed by atoms with Gasteiger partial charge in [0.25, 0.3) is 0 Å². The Kier molecular flexibility index (Phi) is 1.92. The van der Waals surface area contributed by atoms with Gasteiger partial charge in [0.15, 0.2) is 5.54 Å². The van der Waals surface area contributed by atoms with Crippen molar-refractivity contribution in [3.8, 4) is 0 Å². The van der Waals surface area contributed by atoms with Crippen LogP contribution in [0.3, 0.4) is 0 Å². The first-order chi connectivity index (χ1) is 5.27. The summed E-state index contributed by atoms with van der Waals surface area (Å²) in [5.41, 5.74) is -0.966. The summed E-state index contributed by atoms with van der Waals surface area (Å²) >= 11 is 0. The number of carbonyl (C=O) groups excluding carboxylic acids is 1. The van der Waals surface area contributed by atoms with E-state index in [0.717, 1.165) is 0 Å². The number of hydrogen-bond donors (Lipinski definition) is 0. The van der Waals surface area contributed by atoms with Crippen molar-refractivity contribution >= 4 is 5.97 Å². The van der Waals surface area contributed by atoms with Gasteiger partial charge in [0.2, 0.25) is 0 Å². The first kappa shape index (κ1) is 9.48. The molecule has 0 N–H and O–H groups in total. The SMILES string of the molecule is CC1C[N+](C)([O-])C(C)(C)C(=O)O1. The van der Waals surface area contributed by atoms with E-state index in [1.165, 1.54) is 7.05 Å². The van der Waals surface area contributed by atoms with Gasteiger partial charge in [0, 0.05) is 13.8 Å². The minimum atomic E-state index is -0.966. The standard InChI is InChI=1S/C8H15NO3/c1-6-5-9(4,11)8(2,3)7(10)12-6/h6H,5H2,1-4H3. The Morgan fingerprint density at radius 1 is 1.67 bits per heavy atom. The van der Waals surface area contributed by atoms with E-state index in [-0.39, 0.29) is 6.10 Å². The van der Waals surface area contributed by atoms with E-state index in [9.17, 15) is 10.0 Å². The van der Waals surface area contributed by atoms with Crippen LogP contribution in [0.2, 0.25) is 0 Å². The third-order valence-electron chi connectivity index (χ3n) is 2.60. The zero-order valence-electron chi connectivity index (χ0n) is 7.96. The average Bonchev–Trinajstić information content (AvgIpc) is 1.82. The van der Waals surface area contributed by atoms with Crippen LogP contribution in [-0.2, 0) is 9.53 Å². The summed E-state index contributed by atoms with van der Waals surface area (Å²) in [6, 6.07) is 0. The quantitative estimate of drug-likeness (QED) is 0.307. The van der Waals surface area contributed by atoms with Gasteiger partial charge < -0.3 is 14.6 Å². The molecule has 2 atom stereocenters. The number of hydrogen-bond acceptors (Lipinski definition) is 3. The molecular formula is C8H15NO3. The Morgan fingerprint density at radius 2 is 2.17 bits per heavy atom. The fourth-order valence-electron chi connectivity index (χ4n) is 1.28. The molecule has 0 spiro atoms. The van der Waals surface area contributed by atoms with Gasteiger partial charge in [-0.25, -0.2) is 4.79 Å². The number of quaternary nitrogens is 1. The molecule has 0 amide bonds. The van der Waals surface area contributed by atoms with E-state index in [0.29, 0.717) is 6.54 Å². The van der Waals surface area contributed by atoms with E-state index < -0.39 is 16.2 Å². The lowest BCUT2D eigenvalue weighted by Gasteiger charge is -2.53. The van der Waals surface area contributed by atoms with Gasteiger partial charge in [-0.15, -0.1) is 0 Å². The normalized spacial score (nSPS) is 40.8. The summed E-state index contributed by atoms with van der Waals surface area (Å²) in [5.74, 6) is -0.404. The predicted octanol–water partition coefficient (Wildman–Crippen LogP) is 0.655. The lowest BCUT2D eigenvalue weighted by molar-refractivity contribution is -0.908. The molecule has 0 bridgehead atoms. The highest BCUT2D eigenvalue weighted by atomic mass is 16.6. The van der Waals surface area contributed by atoms with E-state index in [2.05, 4.69) is 0 Å². The maximum Gasteiger partial charge on any atom is 0.368 e. The highest BCUT2D eigenvalue weighted by Crippen LogP contribution is 2.28. The van der Waals surface area contributed by atoms with Crippen molar-refractivity contribution in [1.29, 1.82) is 0 Å². The van der Waals surface area contributed by atoms with Crippen molar-refractivity contribution in [2.24, 2.45) is 0 Å². The Morgan fingerprint density at radius 3 is 2.58 bits per heavy atom. The summed E-state index contributed by atoms with van der Waals surface area (Å²) < 4.78 is 4.43. The van der Waals surface area contributed by atoms with E-state index in [1.54, 1.807) is 20.8 Å². The lowest BCUT2D eigenvalue weighted by Crippen LogP contribution is -2.66. The number of rotatable bonds is 0. The number of esters is 1. The largest absolute Gasteiger partial charge is 0.632 e. The zero-order valence-corrected chi connectivity index (χ0v) is 7.96. The van der Waals surface area contributed by atoms with Crippen LogP contribution >= 0.6 is 0 Å². The minimum Gasteiger partial charge on any atom is -0.632 e. The van der Waals surface area contributed by atoms with Crippen LogP contribution in [0.15, 0.2) is 0 Å². The number of morpholine rings is 1. The molecule has 0 aromatic heterocycles. The molecule has 0 aromatic carbocycles. The van der Waals surface area contributed by atoms with Crippen LogP contribution < -0.4 is 0 Å². The number of cyclic esters (lactones) is 1. The number of hydroxylamine groups is 3. The monoisotopic (exact) mass is 173 g/mol. The van der Waals surface area contributed by atoms with Crippen LogP contribution in [0.1, 0.15) is 20.8 Å². The van der Waals surface area contributed by atoms with Crippen LogP contribution in [0.4, 0.5) is 0 Å². The Balaban J connectivity index is 2.94. The molecule has 4 heteroatoms. The van der Waals surface area contributed by atoms with Gasteiger partial charge in [-0.1, -0.05) is 0 Å². The molecule has 1 heterocycles. The third-order valence-corrected chi connectivity index (χ3v) is 2.60. The number of likely N-dealkylation sites (N-methyl/N-ethyl adjacent to an activating group) is 1. The zero-order chi connectivity index (χ0) is 9.57. The van der Waals surface area contributed by atoms with E-state index in [1.807, 2.05) is 0 Å². The molecule has 0 radical (unpaired) electrons. The molecule has 12 heavy (non-hydrogen) atoms. The fourth-order valence-corrected chi connectivity index (χ4v) is 1.28. The molecule has 1 aliphatic heterocycles. The first-order valence-corrected chi connectivity index (χ1v) is 4.05. The number of carbonyl (C=O) groups is 1. The van der Waals surface area contributed by atoms with E-state index in [4.69, 9.17) is 4.74 Å². The molecule has 1 saturated heterocycles. The molecule has 0 aliphatic carbocycles. The van der Waals surface area contributed by atoms with Crippen LogP contribution in [0.5, 0.6) is 0 Å². The van der Waals surface area contributed by atoms with Crippen molar-refractivity contribution in [3.05, 3.63) is 5.21 Å². The molecule has 2 unspecified atom stereocenters. The second kappa shape index (κ2) is 2.44. The molecule has 1 rings (SSSR count). The summed E-state index contributed by atoms with van der Waals surface area (Å²) in [6.07, 6.45) is -0.270. The number of ether oxygens (including phenoxy) is 1. The van der Waals surface area contributed by atoms with Crippen molar-refractivity contribution in [1.82, 2.24) is 0 Å². The van der Waals surface area contributed by atoms with Gasteiger partial charge in [-0.3, -0.25) is 0 Å². The van der Waals surface area contributed by atoms with E-state index >= 15 is 0 Å².